The molecule has 8 bridgehead atoms. The zero-order valence-corrected chi connectivity index (χ0v) is 33.8. The van der Waals surface area contributed by atoms with Crippen LogP contribution in [0.25, 0.3) is 0 Å². The van der Waals surface area contributed by atoms with Crippen LogP contribution in [0.15, 0.2) is 24.3 Å². The molecule has 0 amide bonds. The fourth-order valence-corrected chi connectivity index (χ4v) is 21.8. The summed E-state index contributed by atoms with van der Waals surface area (Å²) < 4.78 is 0. The Hall–Kier alpha value is -0.0000000000000000416. The van der Waals surface area contributed by atoms with Crippen molar-refractivity contribution in [1.29, 1.82) is 0 Å². The predicted molar refractivity (Wildman–Crippen MR) is 209 cm³/mol. The van der Waals surface area contributed by atoms with E-state index in [1.165, 1.54) is 70.6 Å². The number of benzene rings is 1. The second-order valence-electron chi connectivity index (χ2n) is 21.9. The number of hydrogen-bond donors (Lipinski definition) is 2. The summed E-state index contributed by atoms with van der Waals surface area (Å²) in [6.45, 7) is 18.3. The van der Waals surface area contributed by atoms with E-state index < -0.39 is 0 Å². The van der Waals surface area contributed by atoms with Crippen LogP contribution >= 0.6 is 17.2 Å². The summed E-state index contributed by atoms with van der Waals surface area (Å²) >= 11 is 0. The number of hydrogen-bond acceptors (Lipinski definition) is 2. The van der Waals surface area contributed by atoms with Gasteiger partial charge >= 0.3 is 0 Å². The highest BCUT2D eigenvalue weighted by Crippen LogP contribution is 2.84. The Kier molecular flexibility index (Phi) is 7.93. The fourth-order valence-electron chi connectivity index (χ4n) is 15.7. The second kappa shape index (κ2) is 11.3. The number of rotatable bonds is 7. The van der Waals surface area contributed by atoms with E-state index in [1.807, 2.05) is 0 Å². The van der Waals surface area contributed by atoms with E-state index >= 15 is 0 Å². The van der Waals surface area contributed by atoms with Crippen molar-refractivity contribution in [2.24, 2.45) is 45.3 Å². The lowest BCUT2D eigenvalue weighted by Crippen LogP contribution is -2.63. The van der Waals surface area contributed by atoms with Gasteiger partial charge in [0.2, 0.25) is 0 Å². The molecular formula is C44H70N2P2. The van der Waals surface area contributed by atoms with Crippen LogP contribution in [0.4, 0.5) is 0 Å². The Bertz CT molecular complexity index is 1280. The minimum Gasteiger partial charge on any atom is -0.313 e. The molecule has 1 aromatic carbocycles. The molecule has 48 heavy (non-hydrogen) atoms. The van der Waals surface area contributed by atoms with Gasteiger partial charge < -0.3 is 10.6 Å². The lowest BCUT2D eigenvalue weighted by Gasteiger charge is -2.74. The summed E-state index contributed by atoms with van der Waals surface area (Å²) in [4.78, 5) is 0. The smallest absolute Gasteiger partial charge is 0.0405 e. The molecule has 11 rings (SSSR count). The van der Waals surface area contributed by atoms with Crippen molar-refractivity contribution >= 4 is 17.2 Å². The Morgan fingerprint density at radius 1 is 0.667 bits per heavy atom. The predicted octanol–water partition coefficient (Wildman–Crippen LogP) is 11.0. The van der Waals surface area contributed by atoms with E-state index in [2.05, 4.69) is 85.7 Å². The van der Waals surface area contributed by atoms with Crippen LogP contribution in [0, 0.1) is 45.3 Å². The van der Waals surface area contributed by atoms with Gasteiger partial charge in [-0.15, -0.1) is 9.24 Å². The highest BCUT2D eigenvalue weighted by Gasteiger charge is 2.69. The largest absolute Gasteiger partial charge is 0.313 e. The van der Waals surface area contributed by atoms with E-state index in [9.17, 15) is 0 Å². The molecule has 1 aromatic rings. The zero-order valence-electron chi connectivity index (χ0n) is 31.7. The van der Waals surface area contributed by atoms with Crippen LogP contribution in [0.1, 0.15) is 155 Å². The van der Waals surface area contributed by atoms with Gasteiger partial charge in [-0.1, -0.05) is 73.7 Å². The minimum absolute atomic E-state index is 0.0762. The normalized spacial score (nSPS) is 46.7. The van der Waals surface area contributed by atoms with Crippen LogP contribution in [-0.4, -0.2) is 35.5 Å². The molecular weight excluding hydrogens is 618 g/mol. The van der Waals surface area contributed by atoms with E-state index in [4.69, 9.17) is 0 Å². The monoisotopic (exact) mass is 689 g/mol. The summed E-state index contributed by atoms with van der Waals surface area (Å²) in [6, 6.07) is 11.2. The first-order valence-corrected chi connectivity index (χ1v) is 22.9. The SMILES string of the molecule is CC(C)(C)C12CC3CC(CC(P(Cc4ccccc4C(P)(C4CCCN4)C4CCCN4)C45CC6CC(C4)CC(C(C)(C)C)(C6)C5)(C3)C1)C2. The minimum atomic E-state index is -0.181. The molecule has 10 fully saturated rings. The van der Waals surface area contributed by atoms with Gasteiger partial charge in [0, 0.05) is 17.2 Å². The molecule has 2 heterocycles. The second-order valence-corrected chi connectivity index (χ2v) is 25.9. The first-order valence-electron chi connectivity index (χ1n) is 20.8. The summed E-state index contributed by atoms with van der Waals surface area (Å²) in [5, 5.41) is 9.37. The Balaban J connectivity index is 1.19. The zero-order chi connectivity index (χ0) is 33.4. The summed E-state index contributed by atoms with van der Waals surface area (Å²) in [5.74, 6) is 3.95. The van der Waals surface area contributed by atoms with Crippen molar-refractivity contribution in [1.82, 2.24) is 10.6 Å². The molecule has 266 valence electrons. The quantitative estimate of drug-likeness (QED) is 0.279. The molecule has 10 aliphatic rings. The average Bonchev–Trinajstić information content (AvgIpc) is 3.73. The maximum atomic E-state index is 4.06. The van der Waals surface area contributed by atoms with E-state index in [-0.39, 0.29) is 13.1 Å². The van der Waals surface area contributed by atoms with Crippen molar-refractivity contribution in [3.63, 3.8) is 0 Å². The summed E-state index contributed by atoms with van der Waals surface area (Å²) in [7, 11) is 3.39. The van der Waals surface area contributed by atoms with Crippen molar-refractivity contribution in [3.8, 4) is 0 Å². The first-order chi connectivity index (χ1) is 22.7. The molecule has 7 unspecified atom stereocenters. The van der Waals surface area contributed by atoms with Gasteiger partial charge in [0.15, 0.2) is 0 Å². The van der Waals surface area contributed by atoms with Gasteiger partial charge in [0.25, 0.3) is 0 Å². The van der Waals surface area contributed by atoms with Crippen molar-refractivity contribution < 1.29 is 0 Å². The van der Waals surface area contributed by atoms with Crippen molar-refractivity contribution in [2.75, 3.05) is 13.1 Å². The van der Waals surface area contributed by atoms with Crippen LogP contribution in [0.2, 0.25) is 0 Å². The maximum Gasteiger partial charge on any atom is 0.0405 e. The van der Waals surface area contributed by atoms with Crippen LogP contribution in [0.3, 0.4) is 0 Å². The molecule has 2 nitrogen and oxygen atoms in total. The highest BCUT2D eigenvalue weighted by atomic mass is 31.1. The van der Waals surface area contributed by atoms with Crippen LogP contribution < -0.4 is 10.6 Å². The van der Waals surface area contributed by atoms with Crippen LogP contribution in [0.5, 0.6) is 0 Å². The van der Waals surface area contributed by atoms with Gasteiger partial charge in [-0.05, 0) is 189 Å². The Labute approximate surface area is 298 Å². The molecule has 2 N–H and O–H groups in total. The molecule has 4 heteroatoms. The van der Waals surface area contributed by atoms with Gasteiger partial charge in [-0.25, -0.2) is 0 Å². The fraction of sp³-hybridized carbons (Fsp3) is 0.864. The van der Waals surface area contributed by atoms with E-state index in [1.54, 1.807) is 62.5 Å². The highest BCUT2D eigenvalue weighted by molar-refractivity contribution is 7.60. The molecule has 2 saturated heterocycles. The molecule has 7 atom stereocenters. The average molecular weight is 689 g/mol. The van der Waals surface area contributed by atoms with Crippen molar-refractivity contribution in [2.45, 2.75) is 178 Å². The Morgan fingerprint density at radius 3 is 1.50 bits per heavy atom. The molecule has 0 spiro atoms. The lowest BCUT2D eigenvalue weighted by molar-refractivity contribution is -0.113. The molecule has 2 aliphatic heterocycles. The Morgan fingerprint density at radius 2 is 1.10 bits per heavy atom. The number of nitrogens with one attached hydrogen (secondary N) is 2. The topological polar surface area (TPSA) is 24.1 Å². The van der Waals surface area contributed by atoms with Gasteiger partial charge in [-0.2, -0.15) is 0 Å². The third-order valence-corrected chi connectivity index (χ3v) is 22.6. The summed E-state index contributed by atoms with van der Waals surface area (Å²) in [5.41, 5.74) is 5.43. The molecule has 8 aliphatic carbocycles. The van der Waals surface area contributed by atoms with Gasteiger partial charge in [-0.3, -0.25) is 0 Å². The van der Waals surface area contributed by atoms with Gasteiger partial charge in [0.05, 0.1) is 0 Å². The summed E-state index contributed by atoms with van der Waals surface area (Å²) in [6.07, 6.45) is 25.4. The first kappa shape index (κ1) is 33.8. The van der Waals surface area contributed by atoms with E-state index in [0.29, 0.717) is 44.1 Å². The van der Waals surface area contributed by atoms with E-state index in [0.717, 1.165) is 23.7 Å². The third-order valence-electron chi connectivity index (χ3n) is 17.5. The standard InChI is InChI=1S/C44H70N2P2/c1-38(2,3)40-19-30-17-31(20-40)24-42(23-30,28-40)48(43-25-32-18-33(26-43)22-41(21-32,29-43)39(4,5)6)27-34-11-7-8-12-35(34)44(47,36-13-9-15-45-36)37-14-10-16-46-37/h7-8,11-12,30-33,36-37,45-46H,9-10,13-29,47H2,1-6H3. The lowest BCUT2D eigenvalue weighted by atomic mass is 9.43. The van der Waals surface area contributed by atoms with Crippen molar-refractivity contribution in [3.05, 3.63) is 35.4 Å². The molecule has 0 radical (unpaired) electrons. The molecule has 8 saturated carbocycles. The van der Waals surface area contributed by atoms with Crippen LogP contribution in [-0.2, 0) is 11.3 Å². The molecule has 0 aromatic heterocycles. The third kappa shape index (κ3) is 4.96. The maximum absolute atomic E-state index is 4.06. The van der Waals surface area contributed by atoms with Gasteiger partial charge in [0.1, 0.15) is 0 Å².